The first-order chi connectivity index (χ1) is 7.58. The van der Waals surface area contributed by atoms with E-state index in [0.717, 1.165) is 11.8 Å². The van der Waals surface area contributed by atoms with E-state index >= 15 is 0 Å². The predicted molar refractivity (Wildman–Crippen MR) is 66.2 cm³/mol. The van der Waals surface area contributed by atoms with Crippen molar-refractivity contribution in [3.05, 3.63) is 35.9 Å². The maximum absolute atomic E-state index is 2.54. The highest BCUT2D eigenvalue weighted by Crippen LogP contribution is 2.96. The van der Waals surface area contributed by atoms with E-state index in [-0.39, 0.29) is 0 Å². The van der Waals surface area contributed by atoms with Gasteiger partial charge in [0.1, 0.15) is 0 Å². The van der Waals surface area contributed by atoms with Crippen LogP contribution in [0.25, 0.3) is 0 Å². The number of benzene rings is 1. The Hall–Kier alpha value is -0.780. The van der Waals surface area contributed by atoms with Crippen molar-refractivity contribution in [2.45, 2.75) is 39.0 Å². The topological polar surface area (TPSA) is 0 Å². The maximum Gasteiger partial charge on any atom is 0.0103 e. The van der Waals surface area contributed by atoms with Crippen LogP contribution in [0.5, 0.6) is 0 Å². The van der Waals surface area contributed by atoms with Crippen LogP contribution in [-0.4, -0.2) is 0 Å². The zero-order valence-electron chi connectivity index (χ0n) is 10.5. The van der Waals surface area contributed by atoms with Crippen LogP contribution in [0.4, 0.5) is 0 Å². The lowest BCUT2D eigenvalue weighted by molar-refractivity contribution is -0.0482. The van der Waals surface area contributed by atoms with Gasteiger partial charge in [-0.05, 0) is 41.1 Å². The van der Waals surface area contributed by atoms with Gasteiger partial charge in [-0.1, -0.05) is 51.1 Å². The second-order valence-electron chi connectivity index (χ2n) is 6.79. The van der Waals surface area contributed by atoms with Crippen LogP contribution < -0.4 is 0 Å². The van der Waals surface area contributed by atoms with Gasteiger partial charge in [0.05, 0.1) is 0 Å². The summed E-state index contributed by atoms with van der Waals surface area (Å²) in [5.74, 6) is 2.03. The third kappa shape index (κ3) is 0.563. The Morgan fingerprint density at radius 3 is 2.06 bits per heavy atom. The summed E-state index contributed by atoms with van der Waals surface area (Å²) in [7, 11) is 0. The van der Waals surface area contributed by atoms with Gasteiger partial charge in [-0.25, -0.2) is 0 Å². The summed E-state index contributed by atoms with van der Waals surface area (Å²) in [5, 5.41) is 0. The van der Waals surface area contributed by atoms with Gasteiger partial charge in [-0.15, -0.1) is 0 Å². The SMILES string of the molecule is CC1(C)[C@]2(C)[C@H]3CC[C@@H]3[C@]12c1ccccc1. The molecule has 0 bridgehead atoms. The standard InChI is InChI=1S/C16H20/c1-14(2)15(3)12-9-10-13(12)16(14,15)11-7-5-4-6-8-11/h4-8,12-13H,9-10H2,1-3H3/t12-,13-,15-,16+/m0/s1. The van der Waals surface area contributed by atoms with Crippen molar-refractivity contribution in [2.24, 2.45) is 22.7 Å². The third-order valence-corrected chi connectivity index (χ3v) is 6.84. The van der Waals surface area contributed by atoms with Crippen LogP contribution in [0.2, 0.25) is 0 Å². The fraction of sp³-hybridized carbons (Fsp3) is 0.625. The molecule has 4 rings (SSSR count). The number of rotatable bonds is 1. The molecule has 3 saturated carbocycles. The van der Waals surface area contributed by atoms with E-state index in [1.807, 2.05) is 0 Å². The zero-order valence-corrected chi connectivity index (χ0v) is 10.5. The number of hydrogen-bond acceptors (Lipinski definition) is 0. The van der Waals surface area contributed by atoms with E-state index in [1.165, 1.54) is 12.8 Å². The van der Waals surface area contributed by atoms with Crippen LogP contribution in [0, 0.1) is 22.7 Å². The van der Waals surface area contributed by atoms with Gasteiger partial charge in [-0.2, -0.15) is 0 Å². The molecule has 0 saturated heterocycles. The molecule has 0 heterocycles. The normalized spacial score (nSPS) is 50.7. The van der Waals surface area contributed by atoms with E-state index in [1.54, 1.807) is 5.56 Å². The lowest BCUT2D eigenvalue weighted by atomic mass is 9.46. The molecule has 3 fully saturated rings. The van der Waals surface area contributed by atoms with Crippen LogP contribution in [-0.2, 0) is 5.41 Å². The van der Waals surface area contributed by atoms with Gasteiger partial charge in [0, 0.05) is 5.41 Å². The van der Waals surface area contributed by atoms with Crippen molar-refractivity contribution < 1.29 is 0 Å². The second kappa shape index (κ2) is 2.25. The molecule has 0 aromatic heterocycles. The Labute approximate surface area is 98.1 Å². The summed E-state index contributed by atoms with van der Waals surface area (Å²) in [4.78, 5) is 0. The summed E-state index contributed by atoms with van der Waals surface area (Å²) >= 11 is 0. The fourth-order valence-corrected chi connectivity index (χ4v) is 5.96. The first kappa shape index (κ1) is 9.27. The highest BCUT2D eigenvalue weighted by molar-refractivity contribution is 5.54. The van der Waals surface area contributed by atoms with E-state index in [4.69, 9.17) is 0 Å². The Balaban J connectivity index is 1.90. The summed E-state index contributed by atoms with van der Waals surface area (Å²) in [5.41, 5.74) is 3.27. The van der Waals surface area contributed by atoms with Crippen LogP contribution >= 0.6 is 0 Å². The quantitative estimate of drug-likeness (QED) is 0.660. The first-order valence-corrected chi connectivity index (χ1v) is 6.64. The first-order valence-electron chi connectivity index (χ1n) is 6.64. The number of hydrogen-bond donors (Lipinski definition) is 0. The van der Waals surface area contributed by atoms with Gasteiger partial charge >= 0.3 is 0 Å². The van der Waals surface area contributed by atoms with Gasteiger partial charge in [0.25, 0.3) is 0 Å². The smallest absolute Gasteiger partial charge is 0.0103 e. The average Bonchev–Trinajstić information content (AvgIpc) is 2.56. The van der Waals surface area contributed by atoms with E-state index in [0.29, 0.717) is 16.2 Å². The Morgan fingerprint density at radius 2 is 1.56 bits per heavy atom. The fourth-order valence-electron chi connectivity index (χ4n) is 5.96. The lowest BCUT2D eigenvalue weighted by Gasteiger charge is -2.58. The molecule has 4 atom stereocenters. The Kier molecular flexibility index (Phi) is 1.30. The molecule has 0 heteroatoms. The molecule has 0 N–H and O–H groups in total. The summed E-state index contributed by atoms with van der Waals surface area (Å²) < 4.78 is 0. The van der Waals surface area contributed by atoms with Crippen LogP contribution in [0.1, 0.15) is 39.2 Å². The molecule has 84 valence electrons. The maximum atomic E-state index is 2.54. The van der Waals surface area contributed by atoms with Crippen molar-refractivity contribution in [1.29, 1.82) is 0 Å². The van der Waals surface area contributed by atoms with Crippen LogP contribution in [0.15, 0.2) is 30.3 Å². The molecule has 0 spiro atoms. The van der Waals surface area contributed by atoms with E-state index in [9.17, 15) is 0 Å². The highest BCUT2D eigenvalue weighted by atomic mass is 15.0. The largest absolute Gasteiger partial charge is 0.0622 e. The molecule has 1 aromatic rings. The molecule has 3 aliphatic rings. The average molecular weight is 212 g/mol. The molecule has 0 amide bonds. The van der Waals surface area contributed by atoms with Crippen molar-refractivity contribution in [3.8, 4) is 0 Å². The van der Waals surface area contributed by atoms with Crippen molar-refractivity contribution in [3.63, 3.8) is 0 Å². The summed E-state index contributed by atoms with van der Waals surface area (Å²) in [6.45, 7) is 7.54. The molecule has 0 radical (unpaired) electrons. The highest BCUT2D eigenvalue weighted by Gasteiger charge is 2.94. The minimum Gasteiger partial charge on any atom is -0.0622 e. The molecular weight excluding hydrogens is 192 g/mol. The molecular formula is C16H20. The molecule has 0 nitrogen and oxygen atoms in total. The zero-order chi connectivity index (χ0) is 11.2. The monoisotopic (exact) mass is 212 g/mol. The predicted octanol–water partition coefficient (Wildman–Crippen LogP) is 4.01. The van der Waals surface area contributed by atoms with Gasteiger partial charge in [-0.3, -0.25) is 0 Å². The second-order valence-corrected chi connectivity index (χ2v) is 6.79. The van der Waals surface area contributed by atoms with Gasteiger partial charge in [0.15, 0.2) is 0 Å². The molecule has 0 unspecified atom stereocenters. The number of fused-ring (bicyclic) bond motifs is 4. The Morgan fingerprint density at radius 1 is 0.938 bits per heavy atom. The molecule has 0 aliphatic heterocycles. The van der Waals surface area contributed by atoms with Crippen LogP contribution in [0.3, 0.4) is 0 Å². The van der Waals surface area contributed by atoms with Gasteiger partial charge < -0.3 is 0 Å². The third-order valence-electron chi connectivity index (χ3n) is 6.84. The van der Waals surface area contributed by atoms with Crippen molar-refractivity contribution >= 4 is 0 Å². The minimum atomic E-state index is 0.521. The summed E-state index contributed by atoms with van der Waals surface area (Å²) in [6, 6.07) is 11.3. The van der Waals surface area contributed by atoms with Crippen molar-refractivity contribution in [1.82, 2.24) is 0 Å². The molecule has 1 aromatic carbocycles. The molecule has 3 aliphatic carbocycles. The van der Waals surface area contributed by atoms with Crippen molar-refractivity contribution in [2.75, 3.05) is 0 Å². The van der Waals surface area contributed by atoms with Gasteiger partial charge in [0.2, 0.25) is 0 Å². The Bertz CT molecular complexity index is 458. The minimum absolute atomic E-state index is 0.521. The lowest BCUT2D eigenvalue weighted by Crippen LogP contribution is -2.54. The van der Waals surface area contributed by atoms with E-state index in [2.05, 4.69) is 51.1 Å². The summed E-state index contributed by atoms with van der Waals surface area (Å²) in [6.07, 6.45) is 2.96. The van der Waals surface area contributed by atoms with E-state index < -0.39 is 0 Å². The molecule has 16 heavy (non-hydrogen) atoms.